The lowest BCUT2D eigenvalue weighted by atomic mass is 10.1. The number of nitrogens with one attached hydrogen (secondary N) is 1. The van der Waals surface area contributed by atoms with Gasteiger partial charge in [-0.2, -0.15) is 0 Å². The molecule has 1 unspecified atom stereocenters. The van der Waals surface area contributed by atoms with Crippen LogP contribution in [0.3, 0.4) is 0 Å². The van der Waals surface area contributed by atoms with E-state index < -0.39 is 6.04 Å². The van der Waals surface area contributed by atoms with Gasteiger partial charge >= 0.3 is 0 Å². The summed E-state index contributed by atoms with van der Waals surface area (Å²) in [5.41, 5.74) is 7.53. The Morgan fingerprint density at radius 2 is 2.44 bits per heavy atom. The van der Waals surface area contributed by atoms with Gasteiger partial charge < -0.3 is 15.6 Å². The highest BCUT2D eigenvalue weighted by molar-refractivity contribution is 5.81. The third kappa shape index (κ3) is 4.18. The first kappa shape index (κ1) is 14.2. The predicted octanol–water partition coefficient (Wildman–Crippen LogP) is 0.631. The van der Waals surface area contributed by atoms with Crippen LogP contribution in [0.4, 0.5) is 0 Å². The highest BCUT2D eigenvalue weighted by Gasteiger charge is 2.13. The van der Waals surface area contributed by atoms with Crippen molar-refractivity contribution in [3.63, 3.8) is 0 Å². The van der Waals surface area contributed by atoms with E-state index in [0.29, 0.717) is 13.0 Å². The Kier molecular flexibility index (Phi) is 5.32. The zero-order chi connectivity index (χ0) is 13.5. The number of carbonyl (C=O) groups is 1. The van der Waals surface area contributed by atoms with Crippen molar-refractivity contribution in [3.05, 3.63) is 42.5 Å². The second-order valence-corrected chi connectivity index (χ2v) is 4.12. The summed E-state index contributed by atoms with van der Waals surface area (Å²) >= 11 is 0. The van der Waals surface area contributed by atoms with Gasteiger partial charge in [0, 0.05) is 26.2 Å². The lowest BCUT2D eigenvalue weighted by Crippen LogP contribution is -2.40. The van der Waals surface area contributed by atoms with E-state index in [4.69, 9.17) is 5.73 Å². The van der Waals surface area contributed by atoms with Gasteiger partial charge in [0.25, 0.3) is 0 Å². The minimum Gasteiger partial charge on any atom is -0.358 e. The van der Waals surface area contributed by atoms with Crippen LogP contribution in [-0.2, 0) is 17.8 Å². The summed E-state index contributed by atoms with van der Waals surface area (Å²) in [5.74, 6) is -0.178. The zero-order valence-corrected chi connectivity index (χ0v) is 10.9. The molecule has 1 atom stereocenters. The second kappa shape index (κ2) is 6.76. The number of hydrogen-bond acceptors (Lipinski definition) is 3. The highest BCUT2D eigenvalue weighted by Crippen LogP contribution is 2.04. The Morgan fingerprint density at radius 1 is 1.72 bits per heavy atom. The molecule has 0 saturated carbocycles. The van der Waals surface area contributed by atoms with Crippen molar-refractivity contribution in [2.45, 2.75) is 25.9 Å². The average molecular weight is 248 g/mol. The summed E-state index contributed by atoms with van der Waals surface area (Å²) in [7, 11) is 1.57. The monoisotopic (exact) mass is 248 g/mol. The zero-order valence-electron chi connectivity index (χ0n) is 10.9. The Labute approximate surface area is 107 Å². The van der Waals surface area contributed by atoms with Crippen LogP contribution in [0.15, 0.2) is 36.8 Å². The highest BCUT2D eigenvalue weighted by atomic mass is 16.2. The molecule has 1 heterocycles. The topological polar surface area (TPSA) is 72.9 Å². The minimum absolute atomic E-state index is 0.178. The van der Waals surface area contributed by atoms with Crippen LogP contribution >= 0.6 is 0 Å². The van der Waals surface area contributed by atoms with E-state index in [1.807, 2.05) is 29.8 Å². The van der Waals surface area contributed by atoms with Crippen LogP contribution < -0.4 is 11.1 Å². The molecule has 5 nitrogen and oxygen atoms in total. The molecule has 1 rings (SSSR count). The Balaban J connectivity index is 2.58. The Bertz CT molecular complexity index is 448. The largest absolute Gasteiger partial charge is 0.358 e. The molecule has 0 radical (unpaired) electrons. The molecule has 0 fully saturated rings. The lowest BCUT2D eigenvalue weighted by molar-refractivity contribution is -0.121. The van der Waals surface area contributed by atoms with Gasteiger partial charge in [0.2, 0.25) is 5.91 Å². The predicted molar refractivity (Wildman–Crippen MR) is 71.9 cm³/mol. The number of nitrogens with two attached hydrogens (primary N) is 1. The summed E-state index contributed by atoms with van der Waals surface area (Å²) in [5, 5.41) is 2.52. The molecule has 0 aliphatic heterocycles. The fourth-order valence-corrected chi connectivity index (χ4v) is 1.62. The molecule has 5 heteroatoms. The molecule has 0 bridgehead atoms. The van der Waals surface area contributed by atoms with Gasteiger partial charge in [-0.05, 0) is 12.5 Å². The molecule has 1 aromatic heterocycles. The van der Waals surface area contributed by atoms with Crippen LogP contribution in [0, 0.1) is 0 Å². The quantitative estimate of drug-likeness (QED) is 0.725. The first-order valence-corrected chi connectivity index (χ1v) is 5.85. The van der Waals surface area contributed by atoms with E-state index in [2.05, 4.69) is 16.9 Å². The standard InChI is InChI=1S/C13H20N4O/c1-4-5-10(2)7-17-8-11(16-9-17)6-12(14)13(18)15-3/h4-5,8-9,12H,2,6-7,14H2,1,3H3,(H,15,18)/b5-4-. The van der Waals surface area contributed by atoms with Crippen LogP contribution in [0.2, 0.25) is 0 Å². The summed E-state index contributed by atoms with van der Waals surface area (Å²) in [6.45, 7) is 6.57. The summed E-state index contributed by atoms with van der Waals surface area (Å²) in [4.78, 5) is 15.5. The second-order valence-electron chi connectivity index (χ2n) is 4.12. The third-order valence-corrected chi connectivity index (χ3v) is 2.49. The molecule has 18 heavy (non-hydrogen) atoms. The van der Waals surface area contributed by atoms with Crippen molar-refractivity contribution in [1.82, 2.24) is 14.9 Å². The molecule has 0 aliphatic carbocycles. The van der Waals surface area contributed by atoms with Crippen molar-refractivity contribution in [2.75, 3.05) is 7.05 Å². The van der Waals surface area contributed by atoms with E-state index in [-0.39, 0.29) is 5.91 Å². The van der Waals surface area contributed by atoms with E-state index in [1.54, 1.807) is 13.4 Å². The van der Waals surface area contributed by atoms with Crippen molar-refractivity contribution in [3.8, 4) is 0 Å². The first-order chi connectivity index (χ1) is 8.56. The number of rotatable bonds is 6. The van der Waals surface area contributed by atoms with Gasteiger partial charge in [0.15, 0.2) is 0 Å². The van der Waals surface area contributed by atoms with Crippen LogP contribution in [0.5, 0.6) is 0 Å². The fourth-order valence-electron chi connectivity index (χ4n) is 1.62. The summed E-state index contributed by atoms with van der Waals surface area (Å²) < 4.78 is 1.92. The maximum Gasteiger partial charge on any atom is 0.237 e. The fraction of sp³-hybridized carbons (Fsp3) is 0.385. The number of likely N-dealkylation sites (N-methyl/N-ethyl adjacent to an activating group) is 1. The molecule has 1 amide bonds. The van der Waals surface area contributed by atoms with Gasteiger partial charge in [-0.3, -0.25) is 4.79 Å². The van der Waals surface area contributed by atoms with Crippen LogP contribution in [-0.4, -0.2) is 28.5 Å². The van der Waals surface area contributed by atoms with Gasteiger partial charge in [0.1, 0.15) is 0 Å². The van der Waals surface area contributed by atoms with Gasteiger partial charge in [-0.25, -0.2) is 4.98 Å². The summed E-state index contributed by atoms with van der Waals surface area (Å²) in [6.07, 6.45) is 7.94. The molecule has 0 aromatic carbocycles. The SMILES string of the molecule is C=C(/C=C\C)Cn1cnc(CC(N)C(=O)NC)c1. The Morgan fingerprint density at radius 3 is 3.06 bits per heavy atom. The maximum atomic E-state index is 11.3. The number of imidazole rings is 1. The average Bonchev–Trinajstić information content (AvgIpc) is 2.75. The smallest absolute Gasteiger partial charge is 0.237 e. The molecule has 3 N–H and O–H groups in total. The number of hydrogen-bond donors (Lipinski definition) is 2. The lowest BCUT2D eigenvalue weighted by Gasteiger charge is -2.07. The number of allylic oxidation sites excluding steroid dienone is 3. The molecule has 0 saturated heterocycles. The third-order valence-electron chi connectivity index (χ3n) is 2.49. The minimum atomic E-state index is -0.558. The van der Waals surface area contributed by atoms with Crippen molar-refractivity contribution in [2.24, 2.45) is 5.73 Å². The molecule has 0 spiro atoms. The van der Waals surface area contributed by atoms with E-state index in [1.165, 1.54) is 0 Å². The van der Waals surface area contributed by atoms with E-state index in [0.717, 1.165) is 11.3 Å². The van der Waals surface area contributed by atoms with Crippen molar-refractivity contribution in [1.29, 1.82) is 0 Å². The van der Waals surface area contributed by atoms with Crippen LogP contribution in [0.1, 0.15) is 12.6 Å². The number of carbonyl (C=O) groups excluding carboxylic acids is 1. The number of amides is 1. The maximum absolute atomic E-state index is 11.3. The van der Waals surface area contributed by atoms with E-state index >= 15 is 0 Å². The molecule has 1 aromatic rings. The van der Waals surface area contributed by atoms with Crippen molar-refractivity contribution >= 4 is 5.91 Å². The summed E-state index contributed by atoms with van der Waals surface area (Å²) in [6, 6.07) is -0.558. The van der Waals surface area contributed by atoms with E-state index in [9.17, 15) is 4.79 Å². The molecule has 0 aliphatic rings. The van der Waals surface area contributed by atoms with Crippen LogP contribution in [0.25, 0.3) is 0 Å². The number of aromatic nitrogens is 2. The van der Waals surface area contributed by atoms with Crippen molar-refractivity contribution < 1.29 is 4.79 Å². The van der Waals surface area contributed by atoms with Gasteiger partial charge in [-0.1, -0.05) is 18.7 Å². The first-order valence-electron chi connectivity index (χ1n) is 5.85. The van der Waals surface area contributed by atoms with Gasteiger partial charge in [0.05, 0.1) is 18.1 Å². The Hall–Kier alpha value is -1.88. The molecule has 98 valence electrons. The van der Waals surface area contributed by atoms with Gasteiger partial charge in [-0.15, -0.1) is 0 Å². The number of nitrogens with zero attached hydrogens (tertiary/aromatic N) is 2. The normalized spacial score (nSPS) is 12.6. The molecular formula is C13H20N4O. The molecular weight excluding hydrogens is 228 g/mol.